The molecule has 7 heteroatoms. The maximum atomic E-state index is 12.9. The summed E-state index contributed by atoms with van der Waals surface area (Å²) < 4.78 is 44.1. The average molecular weight is 408 g/mol. The van der Waals surface area contributed by atoms with Gasteiger partial charge in [-0.25, -0.2) is 0 Å². The summed E-state index contributed by atoms with van der Waals surface area (Å²) in [6.45, 7) is 6.09. The number of ether oxygens (including phenoxy) is 1. The normalized spacial score (nSPS) is 17.7. The molecule has 1 heterocycles. The molecule has 2 aromatic rings. The van der Waals surface area contributed by atoms with Gasteiger partial charge in [0.2, 0.25) is 0 Å². The van der Waals surface area contributed by atoms with E-state index in [1.807, 2.05) is 24.3 Å². The summed E-state index contributed by atoms with van der Waals surface area (Å²) in [4.78, 5) is 2.38. The Morgan fingerprint density at radius 2 is 1.69 bits per heavy atom. The van der Waals surface area contributed by atoms with Crippen molar-refractivity contribution >= 4 is 5.69 Å². The number of benzene rings is 2. The number of anilines is 1. The smallest absolute Gasteiger partial charge is 0.384 e. The molecule has 1 aliphatic rings. The van der Waals surface area contributed by atoms with Gasteiger partial charge < -0.3 is 15.2 Å². The maximum Gasteiger partial charge on any atom is 0.416 e. The van der Waals surface area contributed by atoms with Crippen LogP contribution in [0.1, 0.15) is 23.6 Å². The molecule has 0 spiro atoms. The fourth-order valence-electron chi connectivity index (χ4n) is 3.31. The number of halogens is 3. The molecule has 0 radical (unpaired) electrons. The van der Waals surface area contributed by atoms with Crippen LogP contribution in [0, 0.1) is 0 Å². The van der Waals surface area contributed by atoms with E-state index in [0.29, 0.717) is 0 Å². The number of nitrogens with zero attached hydrogens (tertiary/aromatic N) is 1. The van der Waals surface area contributed by atoms with E-state index < -0.39 is 17.3 Å². The molecule has 1 aliphatic heterocycles. The van der Waals surface area contributed by atoms with Gasteiger partial charge >= 0.3 is 6.18 Å². The number of hydrogen-bond acceptors (Lipinski definition) is 4. The Balaban J connectivity index is 1.54. The van der Waals surface area contributed by atoms with E-state index in [4.69, 9.17) is 4.74 Å². The molecule has 4 nitrogen and oxygen atoms in total. The molecule has 1 saturated heterocycles. The minimum absolute atomic E-state index is 0.0986. The molecule has 1 fully saturated rings. The van der Waals surface area contributed by atoms with Crippen LogP contribution >= 0.6 is 0 Å². The first kappa shape index (κ1) is 21.6. The summed E-state index contributed by atoms with van der Waals surface area (Å²) >= 11 is 0. The molecule has 0 bridgehead atoms. The van der Waals surface area contributed by atoms with E-state index in [-0.39, 0.29) is 12.1 Å². The predicted molar refractivity (Wildman–Crippen MR) is 107 cm³/mol. The van der Waals surface area contributed by atoms with E-state index in [0.717, 1.165) is 57.1 Å². The highest BCUT2D eigenvalue weighted by Gasteiger charge is 2.32. The van der Waals surface area contributed by atoms with Crippen LogP contribution in [0.4, 0.5) is 18.9 Å². The van der Waals surface area contributed by atoms with Crippen molar-refractivity contribution in [1.82, 2.24) is 4.90 Å². The van der Waals surface area contributed by atoms with Gasteiger partial charge in [0.05, 0.1) is 18.8 Å². The van der Waals surface area contributed by atoms with Gasteiger partial charge in [0, 0.05) is 31.9 Å². The minimum atomic E-state index is -4.43. The SMILES string of the molecule is CC(O)(CNc1ccc(CCN2CCOCC2)cc1)c1cccc(C(F)(F)F)c1. The predicted octanol–water partition coefficient (Wildman–Crippen LogP) is 3.90. The second kappa shape index (κ2) is 9.15. The van der Waals surface area contributed by atoms with Crippen molar-refractivity contribution in [3.8, 4) is 0 Å². The third kappa shape index (κ3) is 6.19. The molecular weight excluding hydrogens is 381 g/mol. The number of rotatable bonds is 7. The quantitative estimate of drug-likeness (QED) is 0.730. The Morgan fingerprint density at radius 3 is 2.34 bits per heavy atom. The minimum Gasteiger partial charge on any atom is -0.384 e. The number of morpholine rings is 1. The van der Waals surface area contributed by atoms with Crippen molar-refractivity contribution < 1.29 is 23.0 Å². The number of hydrogen-bond donors (Lipinski definition) is 2. The zero-order valence-electron chi connectivity index (χ0n) is 16.5. The molecule has 0 amide bonds. The molecule has 1 unspecified atom stereocenters. The van der Waals surface area contributed by atoms with Gasteiger partial charge in [-0.2, -0.15) is 13.2 Å². The van der Waals surface area contributed by atoms with Gasteiger partial charge in [-0.1, -0.05) is 24.3 Å². The molecular formula is C22H27F3N2O2. The summed E-state index contributed by atoms with van der Waals surface area (Å²) in [6, 6.07) is 12.7. The summed E-state index contributed by atoms with van der Waals surface area (Å²) in [7, 11) is 0. The molecule has 0 aliphatic carbocycles. The monoisotopic (exact) mass is 408 g/mol. The van der Waals surface area contributed by atoms with Crippen LogP contribution in [-0.4, -0.2) is 49.4 Å². The highest BCUT2D eigenvalue weighted by atomic mass is 19.4. The molecule has 2 aromatic carbocycles. The van der Waals surface area contributed by atoms with Crippen LogP contribution in [0.15, 0.2) is 48.5 Å². The highest BCUT2D eigenvalue weighted by Crippen LogP contribution is 2.32. The molecule has 29 heavy (non-hydrogen) atoms. The first-order valence-corrected chi connectivity index (χ1v) is 9.77. The lowest BCUT2D eigenvalue weighted by atomic mass is 9.94. The van der Waals surface area contributed by atoms with E-state index in [1.54, 1.807) is 0 Å². The summed E-state index contributed by atoms with van der Waals surface area (Å²) in [6.07, 6.45) is -3.49. The van der Waals surface area contributed by atoms with Crippen molar-refractivity contribution in [3.63, 3.8) is 0 Å². The zero-order chi connectivity index (χ0) is 20.9. The summed E-state index contributed by atoms with van der Waals surface area (Å²) in [5, 5.41) is 13.8. The first-order valence-electron chi connectivity index (χ1n) is 9.77. The van der Waals surface area contributed by atoms with Crippen LogP contribution in [0.25, 0.3) is 0 Å². The van der Waals surface area contributed by atoms with E-state index in [1.165, 1.54) is 24.6 Å². The summed E-state index contributed by atoms with van der Waals surface area (Å²) in [5.41, 5.74) is 0.0527. The third-order valence-electron chi connectivity index (χ3n) is 5.22. The molecule has 1 atom stereocenters. The van der Waals surface area contributed by atoms with Crippen molar-refractivity contribution in [2.24, 2.45) is 0 Å². The van der Waals surface area contributed by atoms with Crippen molar-refractivity contribution in [1.29, 1.82) is 0 Å². The Morgan fingerprint density at radius 1 is 1.03 bits per heavy atom. The Kier molecular flexibility index (Phi) is 6.82. The van der Waals surface area contributed by atoms with Gasteiger partial charge in [0.25, 0.3) is 0 Å². The molecule has 3 rings (SSSR count). The first-order chi connectivity index (χ1) is 13.7. The lowest BCUT2D eigenvalue weighted by molar-refractivity contribution is -0.137. The van der Waals surface area contributed by atoms with Crippen molar-refractivity contribution in [3.05, 3.63) is 65.2 Å². The lowest BCUT2D eigenvalue weighted by Crippen LogP contribution is -2.37. The number of alkyl halides is 3. The van der Waals surface area contributed by atoms with Gasteiger partial charge in [-0.3, -0.25) is 4.90 Å². The Labute approximate surface area is 169 Å². The van der Waals surface area contributed by atoms with Gasteiger partial charge in [-0.05, 0) is 48.7 Å². The number of aliphatic hydroxyl groups is 1. The van der Waals surface area contributed by atoms with Crippen LogP contribution < -0.4 is 5.32 Å². The fourth-order valence-corrected chi connectivity index (χ4v) is 3.31. The molecule has 0 saturated carbocycles. The van der Waals surface area contributed by atoms with Crippen LogP contribution in [0.3, 0.4) is 0 Å². The maximum absolute atomic E-state index is 12.9. The highest BCUT2D eigenvalue weighted by molar-refractivity contribution is 5.45. The zero-order valence-corrected chi connectivity index (χ0v) is 16.5. The lowest BCUT2D eigenvalue weighted by Gasteiger charge is -2.26. The molecule has 158 valence electrons. The molecule has 2 N–H and O–H groups in total. The number of nitrogens with one attached hydrogen (secondary N) is 1. The standard InChI is InChI=1S/C22H27F3N2O2/c1-21(28,18-3-2-4-19(15-18)22(23,24)25)16-26-20-7-5-17(6-8-20)9-10-27-11-13-29-14-12-27/h2-8,15,26,28H,9-14,16H2,1H3. The average Bonchev–Trinajstić information content (AvgIpc) is 2.72. The second-order valence-corrected chi connectivity index (χ2v) is 7.61. The van der Waals surface area contributed by atoms with Crippen LogP contribution in [0.2, 0.25) is 0 Å². The Bertz CT molecular complexity index is 785. The van der Waals surface area contributed by atoms with Gasteiger partial charge in [0.15, 0.2) is 0 Å². The van der Waals surface area contributed by atoms with Crippen LogP contribution in [0.5, 0.6) is 0 Å². The van der Waals surface area contributed by atoms with E-state index >= 15 is 0 Å². The topological polar surface area (TPSA) is 44.7 Å². The van der Waals surface area contributed by atoms with Gasteiger partial charge in [0.1, 0.15) is 5.60 Å². The van der Waals surface area contributed by atoms with Crippen LogP contribution in [-0.2, 0) is 22.9 Å². The second-order valence-electron chi connectivity index (χ2n) is 7.61. The summed E-state index contributed by atoms with van der Waals surface area (Å²) in [5.74, 6) is 0. The van der Waals surface area contributed by atoms with Gasteiger partial charge in [-0.15, -0.1) is 0 Å². The van der Waals surface area contributed by atoms with E-state index in [2.05, 4.69) is 10.2 Å². The third-order valence-corrected chi connectivity index (χ3v) is 5.22. The van der Waals surface area contributed by atoms with Crippen molar-refractivity contribution in [2.75, 3.05) is 44.7 Å². The fraction of sp³-hybridized carbons (Fsp3) is 0.455. The van der Waals surface area contributed by atoms with Crippen molar-refractivity contribution in [2.45, 2.75) is 25.1 Å². The molecule has 0 aromatic heterocycles. The Hall–Kier alpha value is -2.09. The van der Waals surface area contributed by atoms with E-state index in [9.17, 15) is 18.3 Å². The largest absolute Gasteiger partial charge is 0.416 e.